The lowest BCUT2D eigenvalue weighted by atomic mass is 10.1. The Morgan fingerprint density at radius 2 is 1.52 bits per heavy atom. The first kappa shape index (κ1) is 16.7. The van der Waals surface area contributed by atoms with Crippen LogP contribution in [0.5, 0.6) is 0 Å². The van der Waals surface area contributed by atoms with Crippen molar-refractivity contribution in [1.82, 2.24) is 0 Å². The zero-order chi connectivity index (χ0) is 16.7. The first-order valence-electron chi connectivity index (χ1n) is 7.29. The Bertz CT molecular complexity index is 641. The van der Waals surface area contributed by atoms with Gasteiger partial charge in [-0.25, -0.2) is 4.79 Å². The van der Waals surface area contributed by atoms with E-state index in [4.69, 9.17) is 15.2 Å². The van der Waals surface area contributed by atoms with E-state index in [1.807, 2.05) is 36.4 Å². The summed E-state index contributed by atoms with van der Waals surface area (Å²) in [6, 6.07) is 17.2. The van der Waals surface area contributed by atoms with Gasteiger partial charge in [-0.2, -0.15) is 0 Å². The predicted octanol–water partition coefficient (Wildman–Crippen LogP) is 2.36. The van der Waals surface area contributed by atoms with Crippen molar-refractivity contribution in [2.45, 2.75) is 25.7 Å². The molecule has 0 saturated carbocycles. The topological polar surface area (TPSA) is 78.6 Å². The number of ether oxygens (including phenoxy) is 2. The van der Waals surface area contributed by atoms with Gasteiger partial charge in [-0.3, -0.25) is 4.79 Å². The molecule has 5 nitrogen and oxygen atoms in total. The van der Waals surface area contributed by atoms with Crippen molar-refractivity contribution in [2.24, 2.45) is 5.73 Å². The highest BCUT2D eigenvalue weighted by molar-refractivity contribution is 5.82. The average Bonchev–Trinajstić information content (AvgIpc) is 2.59. The smallest absolute Gasteiger partial charge is 0.352 e. The van der Waals surface area contributed by atoms with Crippen LogP contribution >= 0.6 is 0 Å². The van der Waals surface area contributed by atoms with Gasteiger partial charge in [0.15, 0.2) is 0 Å². The van der Waals surface area contributed by atoms with Crippen molar-refractivity contribution >= 4 is 11.9 Å². The van der Waals surface area contributed by atoms with Gasteiger partial charge < -0.3 is 15.2 Å². The fourth-order valence-electron chi connectivity index (χ4n) is 1.91. The van der Waals surface area contributed by atoms with E-state index < -0.39 is 24.1 Å². The number of rotatable bonds is 6. The fourth-order valence-corrected chi connectivity index (χ4v) is 1.91. The van der Waals surface area contributed by atoms with Gasteiger partial charge in [0.05, 0.1) is 0 Å². The molecule has 0 saturated heterocycles. The van der Waals surface area contributed by atoms with Gasteiger partial charge in [0.2, 0.25) is 6.10 Å². The van der Waals surface area contributed by atoms with Crippen LogP contribution < -0.4 is 5.73 Å². The zero-order valence-electron chi connectivity index (χ0n) is 12.8. The second-order valence-electron chi connectivity index (χ2n) is 5.11. The van der Waals surface area contributed by atoms with Gasteiger partial charge in [0.1, 0.15) is 12.6 Å². The second kappa shape index (κ2) is 8.10. The third kappa shape index (κ3) is 4.93. The van der Waals surface area contributed by atoms with Gasteiger partial charge in [0, 0.05) is 5.56 Å². The Labute approximate surface area is 135 Å². The Kier molecular flexibility index (Phi) is 5.88. The number of hydrogen-bond acceptors (Lipinski definition) is 5. The SMILES string of the molecule is C[C@H](N)C(=O)OC(C(=O)OCc1ccccc1)c1ccccc1. The van der Waals surface area contributed by atoms with Crippen molar-refractivity contribution in [3.05, 3.63) is 71.8 Å². The van der Waals surface area contributed by atoms with E-state index in [2.05, 4.69) is 0 Å². The van der Waals surface area contributed by atoms with Crippen LogP contribution in [-0.2, 0) is 25.7 Å². The molecule has 0 fully saturated rings. The van der Waals surface area contributed by atoms with Crippen molar-refractivity contribution < 1.29 is 19.1 Å². The van der Waals surface area contributed by atoms with Crippen LogP contribution in [-0.4, -0.2) is 18.0 Å². The number of carbonyl (C=O) groups excluding carboxylic acids is 2. The van der Waals surface area contributed by atoms with Crippen molar-refractivity contribution in [3.63, 3.8) is 0 Å². The molecule has 2 aromatic rings. The third-order valence-corrected chi connectivity index (χ3v) is 3.15. The van der Waals surface area contributed by atoms with Crippen LogP contribution in [0.3, 0.4) is 0 Å². The quantitative estimate of drug-likeness (QED) is 0.828. The summed E-state index contributed by atoms with van der Waals surface area (Å²) in [6.07, 6.45) is -1.13. The van der Waals surface area contributed by atoms with Gasteiger partial charge >= 0.3 is 11.9 Å². The lowest BCUT2D eigenvalue weighted by molar-refractivity contribution is -0.170. The lowest BCUT2D eigenvalue weighted by Crippen LogP contribution is -2.32. The van der Waals surface area contributed by atoms with Gasteiger partial charge in [-0.15, -0.1) is 0 Å². The van der Waals surface area contributed by atoms with E-state index >= 15 is 0 Å². The van der Waals surface area contributed by atoms with Crippen LogP contribution in [0.4, 0.5) is 0 Å². The largest absolute Gasteiger partial charge is 0.458 e. The number of carbonyl (C=O) groups is 2. The molecule has 0 aliphatic heterocycles. The van der Waals surface area contributed by atoms with E-state index in [0.717, 1.165) is 5.56 Å². The Morgan fingerprint density at radius 3 is 2.09 bits per heavy atom. The Balaban J connectivity index is 2.09. The molecule has 23 heavy (non-hydrogen) atoms. The Morgan fingerprint density at radius 1 is 0.957 bits per heavy atom. The highest BCUT2D eigenvalue weighted by atomic mass is 16.6. The van der Waals surface area contributed by atoms with Crippen molar-refractivity contribution in [3.8, 4) is 0 Å². The summed E-state index contributed by atoms with van der Waals surface area (Å²) in [5.41, 5.74) is 6.90. The van der Waals surface area contributed by atoms with Gasteiger partial charge in [-0.05, 0) is 12.5 Å². The first-order valence-corrected chi connectivity index (χ1v) is 7.29. The molecular formula is C18H19NO4. The fraction of sp³-hybridized carbons (Fsp3) is 0.222. The summed E-state index contributed by atoms with van der Waals surface area (Å²) in [7, 11) is 0. The second-order valence-corrected chi connectivity index (χ2v) is 5.11. The third-order valence-electron chi connectivity index (χ3n) is 3.15. The molecule has 2 atom stereocenters. The molecule has 0 aliphatic carbocycles. The summed E-state index contributed by atoms with van der Waals surface area (Å²) in [5, 5.41) is 0. The van der Waals surface area contributed by atoms with E-state index in [0.29, 0.717) is 5.56 Å². The first-order chi connectivity index (χ1) is 11.1. The number of nitrogens with two attached hydrogens (primary N) is 1. The molecule has 0 aromatic heterocycles. The summed E-state index contributed by atoms with van der Waals surface area (Å²) in [6.45, 7) is 1.61. The standard InChI is InChI=1S/C18H19NO4/c1-13(19)17(20)23-16(15-10-6-3-7-11-15)18(21)22-12-14-8-4-2-5-9-14/h2-11,13,16H,12,19H2,1H3/t13-,16?/m0/s1. The zero-order valence-corrected chi connectivity index (χ0v) is 12.8. The minimum Gasteiger partial charge on any atom is -0.458 e. The summed E-state index contributed by atoms with van der Waals surface area (Å²) in [5.74, 6) is -1.29. The van der Waals surface area contributed by atoms with E-state index in [-0.39, 0.29) is 6.61 Å². The van der Waals surface area contributed by atoms with E-state index in [9.17, 15) is 9.59 Å². The molecule has 0 bridgehead atoms. The van der Waals surface area contributed by atoms with Crippen LogP contribution in [0.25, 0.3) is 0 Å². The lowest BCUT2D eigenvalue weighted by Gasteiger charge is -2.18. The molecule has 0 heterocycles. The van der Waals surface area contributed by atoms with E-state index in [1.165, 1.54) is 6.92 Å². The van der Waals surface area contributed by atoms with Crippen LogP contribution in [0, 0.1) is 0 Å². The van der Waals surface area contributed by atoms with E-state index in [1.54, 1.807) is 24.3 Å². The minimum atomic E-state index is -1.13. The number of hydrogen-bond donors (Lipinski definition) is 1. The molecule has 0 spiro atoms. The van der Waals surface area contributed by atoms with Crippen LogP contribution in [0.15, 0.2) is 60.7 Å². The molecule has 0 aliphatic rings. The van der Waals surface area contributed by atoms with Crippen molar-refractivity contribution in [2.75, 3.05) is 0 Å². The van der Waals surface area contributed by atoms with Gasteiger partial charge in [0.25, 0.3) is 0 Å². The van der Waals surface area contributed by atoms with Gasteiger partial charge in [-0.1, -0.05) is 60.7 Å². The number of esters is 2. The van der Waals surface area contributed by atoms with Crippen molar-refractivity contribution in [1.29, 1.82) is 0 Å². The Hall–Kier alpha value is -2.66. The highest BCUT2D eigenvalue weighted by Gasteiger charge is 2.27. The predicted molar refractivity (Wildman–Crippen MR) is 85.2 cm³/mol. The molecule has 0 radical (unpaired) electrons. The molecule has 1 unspecified atom stereocenters. The number of benzene rings is 2. The summed E-state index contributed by atoms with van der Waals surface area (Å²) >= 11 is 0. The molecular weight excluding hydrogens is 294 g/mol. The minimum absolute atomic E-state index is 0.110. The molecule has 120 valence electrons. The normalized spacial score (nSPS) is 13.0. The summed E-state index contributed by atoms with van der Waals surface area (Å²) in [4.78, 5) is 24.1. The maximum atomic E-state index is 12.3. The average molecular weight is 313 g/mol. The monoisotopic (exact) mass is 313 g/mol. The molecule has 2 N–H and O–H groups in total. The highest BCUT2D eigenvalue weighted by Crippen LogP contribution is 2.20. The molecule has 2 rings (SSSR count). The van der Waals surface area contributed by atoms with Crippen LogP contribution in [0.1, 0.15) is 24.2 Å². The maximum Gasteiger partial charge on any atom is 0.352 e. The molecule has 0 amide bonds. The van der Waals surface area contributed by atoms with Crippen LogP contribution in [0.2, 0.25) is 0 Å². The summed E-state index contributed by atoms with van der Waals surface area (Å²) < 4.78 is 10.5. The molecule has 2 aromatic carbocycles. The molecule has 5 heteroatoms. The maximum absolute atomic E-state index is 12.3.